The standard InChI is InChI=1S/C22H32N6O3/c1-16-20-21(28-12-4-2-3-5-13-28)24-17(25-22(20)31-26-16)9-10-18(29)23-11-7-15-27-14-6-8-19(27)30/h2-15H2,1H3,(H,23,29). The quantitative estimate of drug-likeness (QED) is 0.644. The van der Waals surface area contributed by atoms with Crippen LogP contribution in [0.15, 0.2) is 4.52 Å². The molecule has 168 valence electrons. The lowest BCUT2D eigenvalue weighted by Gasteiger charge is -2.22. The van der Waals surface area contributed by atoms with Gasteiger partial charge in [-0.3, -0.25) is 9.59 Å². The molecular weight excluding hydrogens is 396 g/mol. The summed E-state index contributed by atoms with van der Waals surface area (Å²) >= 11 is 0. The van der Waals surface area contributed by atoms with Crippen LogP contribution in [0.25, 0.3) is 11.1 Å². The second-order valence-electron chi connectivity index (χ2n) is 8.50. The second-order valence-corrected chi connectivity index (χ2v) is 8.50. The summed E-state index contributed by atoms with van der Waals surface area (Å²) in [5.41, 5.74) is 1.30. The van der Waals surface area contributed by atoms with Crippen LogP contribution in [-0.4, -0.2) is 64.6 Å². The molecule has 4 rings (SSSR count). The highest BCUT2D eigenvalue weighted by atomic mass is 16.5. The summed E-state index contributed by atoms with van der Waals surface area (Å²) in [6.07, 6.45) is 7.93. The van der Waals surface area contributed by atoms with Crippen molar-refractivity contribution in [1.82, 2.24) is 25.3 Å². The number of amides is 2. The number of likely N-dealkylation sites (tertiary alicyclic amines) is 1. The Morgan fingerprint density at radius 3 is 2.65 bits per heavy atom. The van der Waals surface area contributed by atoms with E-state index in [2.05, 4.69) is 20.4 Å². The first-order valence-electron chi connectivity index (χ1n) is 11.5. The molecule has 0 unspecified atom stereocenters. The summed E-state index contributed by atoms with van der Waals surface area (Å²) in [6.45, 7) is 5.98. The molecular formula is C22H32N6O3. The molecule has 31 heavy (non-hydrogen) atoms. The number of aromatic nitrogens is 3. The lowest BCUT2D eigenvalue weighted by molar-refractivity contribution is -0.127. The topological polar surface area (TPSA) is 104 Å². The maximum Gasteiger partial charge on any atom is 0.263 e. The Bertz CT molecular complexity index is 919. The van der Waals surface area contributed by atoms with Crippen molar-refractivity contribution >= 4 is 28.7 Å². The van der Waals surface area contributed by atoms with Gasteiger partial charge in [0.15, 0.2) is 0 Å². The molecule has 0 spiro atoms. The lowest BCUT2D eigenvalue weighted by atomic mass is 10.2. The Morgan fingerprint density at radius 2 is 1.90 bits per heavy atom. The van der Waals surface area contributed by atoms with Crippen molar-refractivity contribution in [2.45, 2.75) is 64.7 Å². The van der Waals surface area contributed by atoms with Crippen molar-refractivity contribution in [2.24, 2.45) is 0 Å². The van der Waals surface area contributed by atoms with Crippen LogP contribution >= 0.6 is 0 Å². The Balaban J connectivity index is 1.33. The Labute approximate surface area is 182 Å². The van der Waals surface area contributed by atoms with E-state index in [4.69, 9.17) is 9.51 Å². The predicted octanol–water partition coefficient (Wildman–Crippen LogP) is 2.37. The minimum Gasteiger partial charge on any atom is -0.356 e. The van der Waals surface area contributed by atoms with E-state index in [1.165, 1.54) is 12.8 Å². The molecule has 2 saturated heterocycles. The van der Waals surface area contributed by atoms with E-state index in [1.54, 1.807) is 0 Å². The second kappa shape index (κ2) is 10.1. The first kappa shape index (κ1) is 21.5. The lowest BCUT2D eigenvalue weighted by Crippen LogP contribution is -2.30. The maximum absolute atomic E-state index is 12.3. The number of nitrogens with one attached hydrogen (secondary N) is 1. The molecule has 0 aliphatic carbocycles. The molecule has 2 amide bonds. The average molecular weight is 429 g/mol. The summed E-state index contributed by atoms with van der Waals surface area (Å²) in [5.74, 6) is 1.69. The third kappa shape index (κ3) is 5.32. The molecule has 9 nitrogen and oxygen atoms in total. The minimum atomic E-state index is -0.0264. The first-order valence-corrected chi connectivity index (χ1v) is 11.5. The number of fused-ring (bicyclic) bond motifs is 1. The summed E-state index contributed by atoms with van der Waals surface area (Å²) in [7, 11) is 0. The fourth-order valence-electron chi connectivity index (χ4n) is 4.39. The summed E-state index contributed by atoms with van der Waals surface area (Å²) in [5, 5.41) is 7.91. The number of rotatable bonds is 8. The van der Waals surface area contributed by atoms with Gasteiger partial charge in [0.25, 0.3) is 5.71 Å². The Hall–Kier alpha value is -2.71. The molecule has 0 radical (unpaired) electrons. The number of aryl methyl sites for hydroxylation is 2. The van der Waals surface area contributed by atoms with Gasteiger partial charge in [-0.2, -0.15) is 4.98 Å². The van der Waals surface area contributed by atoms with Gasteiger partial charge in [-0.15, -0.1) is 0 Å². The number of anilines is 1. The maximum atomic E-state index is 12.3. The van der Waals surface area contributed by atoms with E-state index in [0.29, 0.717) is 43.9 Å². The van der Waals surface area contributed by atoms with E-state index in [9.17, 15) is 9.59 Å². The van der Waals surface area contributed by atoms with E-state index in [-0.39, 0.29) is 11.8 Å². The summed E-state index contributed by atoms with van der Waals surface area (Å²) < 4.78 is 5.44. The van der Waals surface area contributed by atoms with Gasteiger partial charge in [0.2, 0.25) is 11.8 Å². The van der Waals surface area contributed by atoms with Gasteiger partial charge in [0.1, 0.15) is 17.0 Å². The third-order valence-electron chi connectivity index (χ3n) is 6.11. The van der Waals surface area contributed by atoms with E-state index >= 15 is 0 Å². The molecule has 0 saturated carbocycles. The number of hydrogen-bond donors (Lipinski definition) is 1. The smallest absolute Gasteiger partial charge is 0.263 e. The van der Waals surface area contributed by atoms with Crippen LogP contribution in [0.1, 0.15) is 62.9 Å². The SMILES string of the molecule is Cc1noc2nc(CCC(=O)NCCCN3CCCC3=O)nc(N3CCCCCC3)c12. The van der Waals surface area contributed by atoms with E-state index in [0.717, 1.165) is 62.2 Å². The van der Waals surface area contributed by atoms with Gasteiger partial charge in [0, 0.05) is 52.0 Å². The number of carbonyl (C=O) groups excluding carboxylic acids is 2. The molecule has 0 atom stereocenters. The van der Waals surface area contributed by atoms with Crippen molar-refractivity contribution in [3.63, 3.8) is 0 Å². The van der Waals surface area contributed by atoms with Crippen molar-refractivity contribution < 1.29 is 14.1 Å². The number of hydrogen-bond acceptors (Lipinski definition) is 7. The van der Waals surface area contributed by atoms with Crippen LogP contribution < -0.4 is 10.2 Å². The minimum absolute atomic E-state index is 0.0264. The molecule has 0 aromatic carbocycles. The van der Waals surface area contributed by atoms with Gasteiger partial charge in [-0.1, -0.05) is 18.0 Å². The van der Waals surface area contributed by atoms with E-state index < -0.39 is 0 Å². The number of carbonyl (C=O) groups is 2. The molecule has 2 aromatic heterocycles. The largest absolute Gasteiger partial charge is 0.356 e. The Morgan fingerprint density at radius 1 is 1.10 bits per heavy atom. The monoisotopic (exact) mass is 428 g/mol. The fraction of sp³-hybridized carbons (Fsp3) is 0.682. The molecule has 9 heteroatoms. The summed E-state index contributed by atoms with van der Waals surface area (Å²) in [6, 6.07) is 0. The van der Waals surface area contributed by atoms with Crippen LogP contribution in [0.5, 0.6) is 0 Å². The zero-order chi connectivity index (χ0) is 21.6. The molecule has 4 heterocycles. The predicted molar refractivity (Wildman–Crippen MR) is 117 cm³/mol. The van der Waals surface area contributed by atoms with Gasteiger partial charge in [-0.05, 0) is 32.6 Å². The molecule has 2 aliphatic rings. The molecule has 2 aromatic rings. The Kier molecular flexibility index (Phi) is 6.99. The van der Waals surface area contributed by atoms with Gasteiger partial charge in [-0.25, -0.2) is 4.98 Å². The highest BCUT2D eigenvalue weighted by Gasteiger charge is 2.21. The van der Waals surface area contributed by atoms with Crippen LogP contribution in [0.4, 0.5) is 5.82 Å². The van der Waals surface area contributed by atoms with Crippen molar-refractivity contribution in [3.8, 4) is 0 Å². The van der Waals surface area contributed by atoms with Gasteiger partial charge in [0.05, 0.1) is 5.69 Å². The highest BCUT2D eigenvalue weighted by Crippen LogP contribution is 2.29. The van der Waals surface area contributed by atoms with Crippen LogP contribution in [0, 0.1) is 6.92 Å². The van der Waals surface area contributed by atoms with Gasteiger partial charge < -0.3 is 19.6 Å². The average Bonchev–Trinajstić information content (AvgIpc) is 3.23. The highest BCUT2D eigenvalue weighted by molar-refractivity contribution is 5.88. The zero-order valence-electron chi connectivity index (χ0n) is 18.4. The molecule has 1 N–H and O–H groups in total. The van der Waals surface area contributed by atoms with Crippen molar-refractivity contribution in [1.29, 1.82) is 0 Å². The van der Waals surface area contributed by atoms with E-state index in [1.807, 2.05) is 11.8 Å². The van der Waals surface area contributed by atoms with Crippen molar-refractivity contribution in [2.75, 3.05) is 37.6 Å². The molecule has 2 fully saturated rings. The van der Waals surface area contributed by atoms with Gasteiger partial charge >= 0.3 is 0 Å². The van der Waals surface area contributed by atoms with Crippen LogP contribution in [0.2, 0.25) is 0 Å². The normalized spacial score (nSPS) is 17.4. The molecule has 2 aliphatic heterocycles. The fourth-order valence-corrected chi connectivity index (χ4v) is 4.39. The molecule has 0 bridgehead atoms. The van der Waals surface area contributed by atoms with Crippen LogP contribution in [-0.2, 0) is 16.0 Å². The summed E-state index contributed by atoms with van der Waals surface area (Å²) in [4.78, 5) is 37.4. The van der Waals surface area contributed by atoms with Crippen molar-refractivity contribution in [3.05, 3.63) is 11.5 Å². The van der Waals surface area contributed by atoms with Crippen LogP contribution in [0.3, 0.4) is 0 Å². The zero-order valence-corrected chi connectivity index (χ0v) is 18.4. The number of nitrogens with zero attached hydrogens (tertiary/aromatic N) is 5. The first-order chi connectivity index (χ1) is 15.1. The third-order valence-corrected chi connectivity index (χ3v) is 6.11.